The van der Waals surface area contributed by atoms with Crippen LogP contribution in [0.5, 0.6) is 0 Å². The fourth-order valence-corrected chi connectivity index (χ4v) is 3.52. The minimum absolute atomic E-state index is 0.0916. The van der Waals surface area contributed by atoms with Crippen LogP contribution in [0.25, 0.3) is 0 Å². The number of nitrogens with zero attached hydrogens (tertiary/aromatic N) is 3. The van der Waals surface area contributed by atoms with Crippen LogP contribution in [-0.2, 0) is 11.3 Å². The normalized spacial score (nSPS) is 16.5. The van der Waals surface area contributed by atoms with E-state index >= 15 is 0 Å². The standard InChI is InChI=1S/C21H26N4O3/c1-16-6-5-7-18(14-16)15-23-10-12-24(13-11-23)17(2)21(26)22-19-8-3-4-9-20(19)25(27)28/h3-9,14,17H,10-13,15H2,1-2H3,(H,22,26)/t17-/m0/s1. The van der Waals surface area contributed by atoms with Gasteiger partial charge in [0.1, 0.15) is 5.69 Å². The van der Waals surface area contributed by atoms with Crippen LogP contribution in [0.1, 0.15) is 18.1 Å². The zero-order chi connectivity index (χ0) is 20.1. The number of anilines is 1. The summed E-state index contributed by atoms with van der Waals surface area (Å²) in [5.41, 5.74) is 2.71. The van der Waals surface area contributed by atoms with Crippen LogP contribution in [-0.4, -0.2) is 52.9 Å². The quantitative estimate of drug-likeness (QED) is 0.614. The molecule has 0 aromatic heterocycles. The lowest BCUT2D eigenvalue weighted by atomic mass is 10.1. The Labute approximate surface area is 165 Å². The first-order valence-electron chi connectivity index (χ1n) is 9.50. The van der Waals surface area contributed by atoms with Crippen molar-refractivity contribution < 1.29 is 9.72 Å². The Hall–Kier alpha value is -2.77. The minimum atomic E-state index is -0.482. The number of nitro benzene ring substituents is 1. The van der Waals surface area contributed by atoms with Crippen molar-refractivity contribution in [3.05, 3.63) is 69.8 Å². The molecular formula is C21H26N4O3. The van der Waals surface area contributed by atoms with Gasteiger partial charge < -0.3 is 5.32 Å². The fraction of sp³-hybridized carbons (Fsp3) is 0.381. The Balaban J connectivity index is 1.54. The Morgan fingerprint density at radius 3 is 2.54 bits per heavy atom. The van der Waals surface area contributed by atoms with Gasteiger partial charge in [-0.1, -0.05) is 42.0 Å². The lowest BCUT2D eigenvalue weighted by molar-refractivity contribution is -0.383. The summed E-state index contributed by atoms with van der Waals surface area (Å²) in [6.45, 7) is 8.20. The lowest BCUT2D eigenvalue weighted by Crippen LogP contribution is -2.52. The number of amides is 1. The van der Waals surface area contributed by atoms with Crippen molar-refractivity contribution in [2.75, 3.05) is 31.5 Å². The highest BCUT2D eigenvalue weighted by atomic mass is 16.6. The van der Waals surface area contributed by atoms with Crippen molar-refractivity contribution >= 4 is 17.3 Å². The van der Waals surface area contributed by atoms with Crippen LogP contribution in [0.3, 0.4) is 0 Å². The largest absolute Gasteiger partial charge is 0.319 e. The van der Waals surface area contributed by atoms with E-state index in [0.717, 1.165) is 32.7 Å². The maximum absolute atomic E-state index is 12.6. The highest BCUT2D eigenvalue weighted by Gasteiger charge is 2.27. The Bertz CT molecular complexity index is 847. The molecule has 28 heavy (non-hydrogen) atoms. The van der Waals surface area contributed by atoms with E-state index in [4.69, 9.17) is 0 Å². The molecular weight excluding hydrogens is 356 g/mol. The third-order valence-corrected chi connectivity index (χ3v) is 5.18. The summed E-state index contributed by atoms with van der Waals surface area (Å²) in [6, 6.07) is 14.4. The number of benzene rings is 2. The van der Waals surface area contributed by atoms with Gasteiger partial charge in [-0.15, -0.1) is 0 Å². The monoisotopic (exact) mass is 382 g/mol. The molecule has 7 heteroatoms. The average molecular weight is 382 g/mol. The van der Waals surface area contributed by atoms with E-state index in [1.54, 1.807) is 18.2 Å². The van der Waals surface area contributed by atoms with E-state index in [0.29, 0.717) is 0 Å². The molecule has 1 aliphatic rings. The summed E-state index contributed by atoms with van der Waals surface area (Å²) in [5.74, 6) is -0.221. The summed E-state index contributed by atoms with van der Waals surface area (Å²) in [5, 5.41) is 13.8. The van der Waals surface area contributed by atoms with Gasteiger partial charge in [-0.3, -0.25) is 24.7 Å². The summed E-state index contributed by atoms with van der Waals surface area (Å²) < 4.78 is 0. The second kappa shape index (κ2) is 8.95. The second-order valence-corrected chi connectivity index (χ2v) is 7.24. The zero-order valence-corrected chi connectivity index (χ0v) is 16.3. The molecule has 0 saturated carbocycles. The number of carbonyl (C=O) groups excluding carboxylic acids is 1. The van der Waals surface area contributed by atoms with Gasteiger partial charge in [0.05, 0.1) is 11.0 Å². The smallest absolute Gasteiger partial charge is 0.292 e. The summed E-state index contributed by atoms with van der Waals surface area (Å²) in [4.78, 5) is 27.8. The molecule has 0 bridgehead atoms. The highest BCUT2D eigenvalue weighted by Crippen LogP contribution is 2.23. The molecule has 1 atom stereocenters. The lowest BCUT2D eigenvalue weighted by Gasteiger charge is -2.37. The van der Waals surface area contributed by atoms with Crippen molar-refractivity contribution in [1.29, 1.82) is 0 Å². The predicted molar refractivity (Wildman–Crippen MR) is 109 cm³/mol. The minimum Gasteiger partial charge on any atom is -0.319 e. The van der Waals surface area contributed by atoms with Gasteiger partial charge in [-0.2, -0.15) is 0 Å². The van der Waals surface area contributed by atoms with Crippen LogP contribution in [0, 0.1) is 17.0 Å². The highest BCUT2D eigenvalue weighted by molar-refractivity contribution is 5.96. The fourth-order valence-electron chi connectivity index (χ4n) is 3.52. The number of hydrogen-bond donors (Lipinski definition) is 1. The Kier molecular flexibility index (Phi) is 6.38. The third-order valence-electron chi connectivity index (χ3n) is 5.18. The van der Waals surface area contributed by atoms with Crippen LogP contribution in [0.15, 0.2) is 48.5 Å². The molecule has 1 fully saturated rings. The van der Waals surface area contributed by atoms with Gasteiger partial charge in [0.15, 0.2) is 0 Å². The molecule has 0 aliphatic carbocycles. The molecule has 2 aromatic rings. The van der Waals surface area contributed by atoms with Gasteiger partial charge in [-0.25, -0.2) is 0 Å². The topological polar surface area (TPSA) is 78.7 Å². The maximum Gasteiger partial charge on any atom is 0.292 e. The Morgan fingerprint density at radius 2 is 1.86 bits per heavy atom. The van der Waals surface area contributed by atoms with Crippen LogP contribution < -0.4 is 5.32 Å². The van der Waals surface area contributed by atoms with Gasteiger partial charge in [-0.05, 0) is 25.5 Å². The van der Waals surface area contributed by atoms with E-state index < -0.39 is 4.92 Å². The predicted octanol–water partition coefficient (Wildman–Crippen LogP) is 3.05. The number of nitro groups is 1. The maximum atomic E-state index is 12.6. The summed E-state index contributed by atoms with van der Waals surface area (Å²) in [6.07, 6.45) is 0. The first-order chi connectivity index (χ1) is 13.4. The van der Waals surface area contributed by atoms with Gasteiger partial charge in [0.25, 0.3) is 5.69 Å². The van der Waals surface area contributed by atoms with Gasteiger partial charge >= 0.3 is 0 Å². The van der Waals surface area contributed by atoms with E-state index in [1.807, 2.05) is 6.92 Å². The Morgan fingerprint density at radius 1 is 1.14 bits per heavy atom. The molecule has 0 spiro atoms. The SMILES string of the molecule is Cc1cccc(CN2CCN([C@@H](C)C(=O)Nc3ccccc3[N+](=O)[O-])CC2)c1. The van der Waals surface area contributed by atoms with Gasteiger partial charge in [0.2, 0.25) is 5.91 Å². The first-order valence-corrected chi connectivity index (χ1v) is 9.50. The molecule has 0 unspecified atom stereocenters. The molecule has 7 nitrogen and oxygen atoms in total. The third kappa shape index (κ3) is 4.94. The number of carbonyl (C=O) groups is 1. The van der Waals surface area contributed by atoms with Crippen LogP contribution >= 0.6 is 0 Å². The number of nitrogens with one attached hydrogen (secondary N) is 1. The molecule has 3 rings (SSSR count). The van der Waals surface area contributed by atoms with Crippen molar-refractivity contribution in [2.24, 2.45) is 0 Å². The number of piperazine rings is 1. The molecule has 1 aliphatic heterocycles. The summed E-state index contributed by atoms with van der Waals surface area (Å²) in [7, 11) is 0. The second-order valence-electron chi connectivity index (χ2n) is 7.24. The average Bonchev–Trinajstić information content (AvgIpc) is 2.68. The van der Waals surface area contributed by atoms with Crippen molar-refractivity contribution in [1.82, 2.24) is 9.80 Å². The molecule has 148 valence electrons. The number of hydrogen-bond acceptors (Lipinski definition) is 5. The molecule has 1 N–H and O–H groups in total. The first kappa shape index (κ1) is 20.0. The molecule has 2 aromatic carbocycles. The van der Waals surface area contributed by atoms with E-state index in [1.165, 1.54) is 17.2 Å². The van der Waals surface area contributed by atoms with Crippen molar-refractivity contribution in [3.8, 4) is 0 Å². The van der Waals surface area contributed by atoms with Crippen LogP contribution in [0.4, 0.5) is 11.4 Å². The zero-order valence-electron chi connectivity index (χ0n) is 16.3. The van der Waals surface area contributed by atoms with Crippen molar-refractivity contribution in [3.63, 3.8) is 0 Å². The van der Waals surface area contributed by atoms with E-state index in [9.17, 15) is 14.9 Å². The van der Waals surface area contributed by atoms with Gasteiger partial charge in [0, 0.05) is 38.8 Å². The van der Waals surface area contributed by atoms with E-state index in [-0.39, 0.29) is 23.3 Å². The number of aryl methyl sites for hydroxylation is 1. The van der Waals surface area contributed by atoms with E-state index in [2.05, 4.69) is 46.3 Å². The van der Waals surface area contributed by atoms with Crippen LogP contribution in [0.2, 0.25) is 0 Å². The number of para-hydroxylation sites is 2. The number of rotatable bonds is 6. The van der Waals surface area contributed by atoms with Crippen molar-refractivity contribution in [2.45, 2.75) is 26.4 Å². The molecule has 1 saturated heterocycles. The molecule has 1 amide bonds. The molecule has 1 heterocycles. The molecule has 0 radical (unpaired) electrons. The summed E-state index contributed by atoms with van der Waals surface area (Å²) >= 11 is 0.